The van der Waals surface area contributed by atoms with Crippen molar-refractivity contribution in [2.45, 2.75) is 64.2 Å². The largest absolute Gasteiger partial charge is 0.241 e. The van der Waals surface area contributed by atoms with Crippen LogP contribution in [0.3, 0.4) is 0 Å². The van der Waals surface area contributed by atoms with Crippen LogP contribution in [-0.4, -0.2) is 6.43 Å². The van der Waals surface area contributed by atoms with Crippen molar-refractivity contribution < 1.29 is 8.78 Å². The summed E-state index contributed by atoms with van der Waals surface area (Å²) in [5, 5.41) is 0. The zero-order valence-electron chi connectivity index (χ0n) is 9.43. The molecule has 2 aliphatic rings. The first-order valence-electron chi connectivity index (χ1n) is 6.57. The first-order chi connectivity index (χ1) is 7.29. The van der Waals surface area contributed by atoms with E-state index in [4.69, 9.17) is 0 Å². The average Bonchev–Trinajstić information content (AvgIpc) is 2.30. The third-order valence-electron chi connectivity index (χ3n) is 4.45. The van der Waals surface area contributed by atoms with Crippen molar-refractivity contribution in [3.05, 3.63) is 0 Å². The molecule has 0 aliphatic heterocycles. The lowest BCUT2D eigenvalue weighted by Gasteiger charge is -2.38. The lowest BCUT2D eigenvalue weighted by molar-refractivity contribution is -0.00613. The van der Waals surface area contributed by atoms with Crippen molar-refractivity contribution in [2.24, 2.45) is 17.8 Å². The van der Waals surface area contributed by atoms with Crippen LogP contribution in [0.1, 0.15) is 57.8 Å². The summed E-state index contributed by atoms with van der Waals surface area (Å²) in [6.07, 6.45) is 8.29. The first kappa shape index (κ1) is 11.3. The van der Waals surface area contributed by atoms with Crippen LogP contribution in [0.4, 0.5) is 8.78 Å². The van der Waals surface area contributed by atoms with Crippen LogP contribution in [0.25, 0.3) is 0 Å². The molecule has 0 aromatic carbocycles. The van der Waals surface area contributed by atoms with Gasteiger partial charge in [-0.05, 0) is 24.7 Å². The molecule has 2 atom stereocenters. The van der Waals surface area contributed by atoms with Crippen molar-refractivity contribution in [1.29, 1.82) is 0 Å². The van der Waals surface area contributed by atoms with Gasteiger partial charge in [-0.15, -0.1) is 0 Å². The number of alkyl halides is 2. The molecule has 0 aromatic rings. The van der Waals surface area contributed by atoms with Gasteiger partial charge in [-0.1, -0.05) is 44.9 Å². The van der Waals surface area contributed by atoms with Gasteiger partial charge in [0.05, 0.1) is 0 Å². The molecule has 0 heterocycles. The van der Waals surface area contributed by atoms with E-state index in [-0.39, 0.29) is 5.92 Å². The molecule has 2 aliphatic carbocycles. The van der Waals surface area contributed by atoms with Gasteiger partial charge in [0.25, 0.3) is 0 Å². The van der Waals surface area contributed by atoms with Gasteiger partial charge in [-0.25, -0.2) is 8.78 Å². The van der Waals surface area contributed by atoms with Gasteiger partial charge in [0.1, 0.15) is 0 Å². The van der Waals surface area contributed by atoms with E-state index < -0.39 is 6.43 Å². The third-order valence-corrected chi connectivity index (χ3v) is 4.45. The fraction of sp³-hybridized carbons (Fsp3) is 1.00. The smallest absolute Gasteiger partial charge is 0.210 e. The Morgan fingerprint density at radius 1 is 0.733 bits per heavy atom. The van der Waals surface area contributed by atoms with Gasteiger partial charge >= 0.3 is 0 Å². The van der Waals surface area contributed by atoms with E-state index in [2.05, 4.69) is 0 Å². The van der Waals surface area contributed by atoms with Crippen LogP contribution < -0.4 is 0 Å². The number of hydrogen-bond acceptors (Lipinski definition) is 0. The second-order valence-electron chi connectivity index (χ2n) is 5.34. The zero-order chi connectivity index (χ0) is 10.7. The number of halogens is 2. The van der Waals surface area contributed by atoms with Gasteiger partial charge in [0.2, 0.25) is 6.43 Å². The Kier molecular flexibility index (Phi) is 3.99. The Morgan fingerprint density at radius 3 is 2.00 bits per heavy atom. The molecule has 0 spiro atoms. The normalized spacial score (nSPS) is 34.6. The molecule has 15 heavy (non-hydrogen) atoms. The van der Waals surface area contributed by atoms with Crippen LogP contribution in [0.15, 0.2) is 0 Å². The summed E-state index contributed by atoms with van der Waals surface area (Å²) < 4.78 is 25.9. The summed E-state index contributed by atoms with van der Waals surface area (Å²) in [5.74, 6) is 0.693. The van der Waals surface area contributed by atoms with E-state index in [1.54, 1.807) is 0 Å². The molecule has 0 N–H and O–H groups in total. The van der Waals surface area contributed by atoms with Crippen LogP contribution >= 0.6 is 0 Å². The molecule has 2 unspecified atom stereocenters. The molecule has 0 radical (unpaired) electrons. The van der Waals surface area contributed by atoms with Crippen LogP contribution in [0, 0.1) is 17.8 Å². The molecular weight excluding hydrogens is 194 g/mol. The molecule has 0 nitrogen and oxygen atoms in total. The second kappa shape index (κ2) is 5.27. The average molecular weight is 216 g/mol. The minimum atomic E-state index is -2.07. The van der Waals surface area contributed by atoms with Crippen molar-refractivity contribution >= 4 is 0 Å². The molecule has 0 saturated heterocycles. The van der Waals surface area contributed by atoms with E-state index in [9.17, 15) is 8.78 Å². The number of rotatable bonds is 2. The van der Waals surface area contributed by atoms with Crippen molar-refractivity contribution in [3.8, 4) is 0 Å². The van der Waals surface area contributed by atoms with Gasteiger partial charge in [-0.2, -0.15) is 0 Å². The highest BCUT2D eigenvalue weighted by Crippen LogP contribution is 2.43. The minimum absolute atomic E-state index is 0.276. The van der Waals surface area contributed by atoms with E-state index in [1.807, 2.05) is 0 Å². The van der Waals surface area contributed by atoms with Crippen molar-refractivity contribution in [1.82, 2.24) is 0 Å². The predicted octanol–water partition coefficient (Wildman–Crippen LogP) is 4.64. The van der Waals surface area contributed by atoms with Gasteiger partial charge < -0.3 is 0 Å². The summed E-state index contributed by atoms with van der Waals surface area (Å²) in [4.78, 5) is 0. The Balaban J connectivity index is 1.96. The lowest BCUT2D eigenvalue weighted by Crippen LogP contribution is -2.32. The highest BCUT2D eigenvalue weighted by atomic mass is 19.3. The van der Waals surface area contributed by atoms with Crippen molar-refractivity contribution in [3.63, 3.8) is 0 Å². The molecule has 2 saturated carbocycles. The van der Waals surface area contributed by atoms with Gasteiger partial charge in [0, 0.05) is 5.92 Å². The fourth-order valence-electron chi connectivity index (χ4n) is 3.65. The standard InChI is InChI=1S/C13H22F2/c14-13(15)12-9-5-4-8-11(12)10-6-2-1-3-7-10/h10-13H,1-9H2. The van der Waals surface area contributed by atoms with Gasteiger partial charge in [0.15, 0.2) is 0 Å². The van der Waals surface area contributed by atoms with Crippen LogP contribution in [0.2, 0.25) is 0 Å². The summed E-state index contributed by atoms with van der Waals surface area (Å²) in [6.45, 7) is 0. The summed E-state index contributed by atoms with van der Waals surface area (Å²) in [6, 6.07) is 0. The zero-order valence-corrected chi connectivity index (χ0v) is 9.43. The Morgan fingerprint density at radius 2 is 1.33 bits per heavy atom. The lowest BCUT2D eigenvalue weighted by atomic mass is 9.68. The van der Waals surface area contributed by atoms with E-state index in [1.165, 1.54) is 38.5 Å². The predicted molar refractivity (Wildman–Crippen MR) is 58.0 cm³/mol. The van der Waals surface area contributed by atoms with Crippen LogP contribution in [-0.2, 0) is 0 Å². The molecule has 0 bridgehead atoms. The molecule has 0 amide bonds. The fourth-order valence-corrected chi connectivity index (χ4v) is 3.65. The Bertz CT molecular complexity index is 185. The van der Waals surface area contributed by atoms with Crippen molar-refractivity contribution in [2.75, 3.05) is 0 Å². The maximum atomic E-state index is 12.9. The maximum Gasteiger partial charge on any atom is 0.241 e. The summed E-state index contributed by atoms with van der Waals surface area (Å²) in [7, 11) is 0. The molecule has 2 heteroatoms. The second-order valence-corrected chi connectivity index (χ2v) is 5.34. The Hall–Kier alpha value is -0.140. The number of hydrogen-bond donors (Lipinski definition) is 0. The van der Waals surface area contributed by atoms with E-state index >= 15 is 0 Å². The third kappa shape index (κ3) is 2.70. The first-order valence-corrected chi connectivity index (χ1v) is 6.57. The minimum Gasteiger partial charge on any atom is -0.210 e. The monoisotopic (exact) mass is 216 g/mol. The Labute approximate surface area is 91.4 Å². The molecular formula is C13H22F2. The summed E-state index contributed by atoms with van der Waals surface area (Å²) >= 11 is 0. The highest BCUT2D eigenvalue weighted by molar-refractivity contribution is 4.83. The van der Waals surface area contributed by atoms with Crippen LogP contribution in [0.5, 0.6) is 0 Å². The SMILES string of the molecule is FC(F)C1CCCCC1C1CCCCC1. The van der Waals surface area contributed by atoms with E-state index in [0.29, 0.717) is 11.8 Å². The molecule has 2 fully saturated rings. The summed E-state index contributed by atoms with van der Waals surface area (Å²) in [5.41, 5.74) is 0. The molecule has 88 valence electrons. The van der Waals surface area contributed by atoms with E-state index in [0.717, 1.165) is 19.3 Å². The van der Waals surface area contributed by atoms with Gasteiger partial charge in [-0.3, -0.25) is 0 Å². The molecule has 0 aromatic heterocycles. The quantitative estimate of drug-likeness (QED) is 0.631. The maximum absolute atomic E-state index is 12.9. The highest BCUT2D eigenvalue weighted by Gasteiger charge is 2.36. The topological polar surface area (TPSA) is 0 Å². The molecule has 2 rings (SSSR count).